The van der Waals surface area contributed by atoms with Crippen molar-refractivity contribution in [2.45, 2.75) is 20.3 Å². The Bertz CT molecular complexity index is 1270. The molecule has 8 heteroatoms. The molecule has 0 bridgehead atoms. The smallest absolute Gasteiger partial charge is 0.277 e. The van der Waals surface area contributed by atoms with E-state index in [1.54, 1.807) is 25.1 Å². The van der Waals surface area contributed by atoms with Gasteiger partial charge in [0.05, 0.1) is 12.1 Å². The number of aryl methyl sites for hydroxylation is 1. The van der Waals surface area contributed by atoms with Crippen molar-refractivity contribution in [3.8, 4) is 16.4 Å². The normalized spacial score (nSPS) is 10.9. The second-order valence-electron chi connectivity index (χ2n) is 6.87. The fourth-order valence-electron chi connectivity index (χ4n) is 3.13. The van der Waals surface area contributed by atoms with Crippen LogP contribution in [-0.4, -0.2) is 20.7 Å². The maximum atomic E-state index is 12.9. The van der Waals surface area contributed by atoms with Crippen molar-refractivity contribution >= 4 is 34.5 Å². The van der Waals surface area contributed by atoms with Gasteiger partial charge in [-0.2, -0.15) is 4.68 Å². The lowest BCUT2D eigenvalue weighted by molar-refractivity contribution is -0.115. The molecule has 2 heterocycles. The summed E-state index contributed by atoms with van der Waals surface area (Å²) in [5, 5.41) is 8.87. The Morgan fingerprint density at radius 1 is 1.17 bits per heavy atom. The number of benzene rings is 2. The summed E-state index contributed by atoms with van der Waals surface area (Å²) in [6.45, 7) is 3.61. The molecular weight excluding hydrogens is 420 g/mol. The van der Waals surface area contributed by atoms with Gasteiger partial charge in [-0.3, -0.25) is 14.7 Å². The summed E-state index contributed by atoms with van der Waals surface area (Å²) in [7, 11) is 0. The second kappa shape index (κ2) is 8.30. The minimum atomic E-state index is -0.282. The number of rotatable bonds is 5. The van der Waals surface area contributed by atoms with Gasteiger partial charge in [0.25, 0.3) is 5.56 Å². The number of halogens is 1. The van der Waals surface area contributed by atoms with Crippen LogP contribution in [0.15, 0.2) is 58.7 Å². The number of amides is 1. The third-order valence-electron chi connectivity index (χ3n) is 4.83. The van der Waals surface area contributed by atoms with Gasteiger partial charge in [0.15, 0.2) is 0 Å². The molecule has 0 saturated carbocycles. The molecule has 2 aromatic carbocycles. The van der Waals surface area contributed by atoms with Crippen LogP contribution in [0.2, 0.25) is 5.02 Å². The number of aromatic nitrogens is 3. The molecule has 0 fully saturated rings. The van der Waals surface area contributed by atoms with Crippen LogP contribution in [0, 0.1) is 13.8 Å². The number of thiazole rings is 1. The number of hydrogen-bond donors (Lipinski definition) is 2. The van der Waals surface area contributed by atoms with Crippen molar-refractivity contribution in [1.29, 1.82) is 0 Å². The van der Waals surface area contributed by atoms with Crippen LogP contribution in [0.4, 0.5) is 5.69 Å². The van der Waals surface area contributed by atoms with Crippen molar-refractivity contribution in [2.24, 2.45) is 0 Å². The molecule has 30 heavy (non-hydrogen) atoms. The van der Waals surface area contributed by atoms with Crippen LogP contribution in [0.5, 0.6) is 0 Å². The molecule has 0 aliphatic heterocycles. The Hall–Kier alpha value is -3.16. The summed E-state index contributed by atoms with van der Waals surface area (Å²) in [4.78, 5) is 30.1. The number of H-pyrrole nitrogens is 1. The molecule has 152 valence electrons. The van der Waals surface area contributed by atoms with Crippen molar-refractivity contribution in [3.05, 3.63) is 86.1 Å². The van der Waals surface area contributed by atoms with E-state index in [4.69, 9.17) is 11.6 Å². The number of carbonyl (C=O) groups is 1. The first-order chi connectivity index (χ1) is 14.4. The summed E-state index contributed by atoms with van der Waals surface area (Å²) in [5.74, 6) is -0.282. The maximum Gasteiger partial charge on any atom is 0.277 e. The van der Waals surface area contributed by atoms with Gasteiger partial charge in [0.1, 0.15) is 0 Å². The molecule has 1 amide bonds. The van der Waals surface area contributed by atoms with Crippen LogP contribution in [0.1, 0.15) is 16.8 Å². The molecule has 2 aromatic heterocycles. The highest BCUT2D eigenvalue weighted by Crippen LogP contribution is 2.24. The van der Waals surface area contributed by atoms with Gasteiger partial charge in [-0.1, -0.05) is 48.0 Å². The van der Waals surface area contributed by atoms with E-state index < -0.39 is 0 Å². The first kappa shape index (κ1) is 20.1. The Balaban J connectivity index is 1.57. The molecule has 6 nitrogen and oxygen atoms in total. The summed E-state index contributed by atoms with van der Waals surface area (Å²) < 4.78 is 1.39. The highest BCUT2D eigenvalue weighted by Gasteiger charge is 2.18. The number of hydrogen-bond acceptors (Lipinski definition) is 4. The van der Waals surface area contributed by atoms with E-state index in [1.165, 1.54) is 16.0 Å². The van der Waals surface area contributed by atoms with E-state index in [9.17, 15) is 9.59 Å². The van der Waals surface area contributed by atoms with Crippen molar-refractivity contribution < 1.29 is 4.79 Å². The van der Waals surface area contributed by atoms with Crippen molar-refractivity contribution in [1.82, 2.24) is 14.8 Å². The zero-order chi connectivity index (χ0) is 21.3. The molecule has 0 aliphatic carbocycles. The van der Waals surface area contributed by atoms with E-state index >= 15 is 0 Å². The average Bonchev–Trinajstić information content (AvgIpc) is 3.33. The number of nitrogens with zero attached hydrogens (tertiary/aromatic N) is 2. The highest BCUT2D eigenvalue weighted by molar-refractivity contribution is 7.12. The topological polar surface area (TPSA) is 79.8 Å². The fraction of sp³-hybridized carbons (Fsp3) is 0.136. The van der Waals surface area contributed by atoms with E-state index in [1.807, 2.05) is 42.6 Å². The molecule has 0 atom stereocenters. The lowest BCUT2D eigenvalue weighted by Crippen LogP contribution is -2.22. The zero-order valence-electron chi connectivity index (χ0n) is 16.4. The largest absolute Gasteiger partial charge is 0.326 e. The molecule has 0 spiro atoms. The number of nitrogens with one attached hydrogen (secondary N) is 2. The molecule has 0 unspecified atom stereocenters. The van der Waals surface area contributed by atoms with Crippen LogP contribution >= 0.6 is 22.9 Å². The molecule has 0 saturated heterocycles. The van der Waals surface area contributed by atoms with Crippen molar-refractivity contribution in [3.63, 3.8) is 0 Å². The minimum absolute atomic E-state index is 0.0446. The van der Waals surface area contributed by atoms with E-state index in [-0.39, 0.29) is 17.9 Å². The van der Waals surface area contributed by atoms with Crippen molar-refractivity contribution in [2.75, 3.05) is 5.32 Å². The standard InChI is InChI=1S/C22H19ClN4O2S/c1-13-17(23)9-6-10-18(13)24-20(28)11-16-14(2)26-27(21(16)29)22-25-19(12-30-22)15-7-4-3-5-8-15/h3-10,12,26H,11H2,1-2H3,(H,24,28). The molecule has 4 aromatic rings. The van der Waals surface area contributed by atoms with E-state index in [0.29, 0.717) is 27.1 Å². The van der Waals surface area contributed by atoms with Gasteiger partial charge in [0.2, 0.25) is 11.0 Å². The van der Waals surface area contributed by atoms with E-state index in [2.05, 4.69) is 15.4 Å². The van der Waals surface area contributed by atoms with E-state index in [0.717, 1.165) is 16.8 Å². The summed E-state index contributed by atoms with van der Waals surface area (Å²) in [5.41, 5.74) is 3.95. The number of carbonyl (C=O) groups excluding carboxylic acids is 1. The lowest BCUT2D eigenvalue weighted by Gasteiger charge is -2.09. The third-order valence-corrected chi connectivity index (χ3v) is 6.06. The summed E-state index contributed by atoms with van der Waals surface area (Å²) in [6, 6.07) is 15.1. The Labute approximate surface area is 182 Å². The maximum absolute atomic E-state index is 12.9. The van der Waals surface area contributed by atoms with Crippen LogP contribution < -0.4 is 10.9 Å². The quantitative estimate of drug-likeness (QED) is 0.472. The van der Waals surface area contributed by atoms with Crippen LogP contribution in [0.25, 0.3) is 16.4 Å². The first-order valence-electron chi connectivity index (χ1n) is 9.31. The predicted molar refractivity (Wildman–Crippen MR) is 121 cm³/mol. The fourth-order valence-corrected chi connectivity index (χ4v) is 4.10. The zero-order valence-corrected chi connectivity index (χ0v) is 18.0. The molecule has 4 rings (SSSR count). The molecule has 2 N–H and O–H groups in total. The molecule has 0 radical (unpaired) electrons. The summed E-state index contributed by atoms with van der Waals surface area (Å²) >= 11 is 7.47. The monoisotopic (exact) mass is 438 g/mol. The van der Waals surface area contributed by atoms with Gasteiger partial charge in [-0.25, -0.2) is 4.98 Å². The highest BCUT2D eigenvalue weighted by atomic mass is 35.5. The van der Waals surface area contributed by atoms with Gasteiger partial charge >= 0.3 is 0 Å². The Morgan fingerprint density at radius 3 is 2.70 bits per heavy atom. The SMILES string of the molecule is Cc1[nH]n(-c2nc(-c3ccccc3)cs2)c(=O)c1CC(=O)Nc1cccc(Cl)c1C. The van der Waals surface area contributed by atoms with Gasteiger partial charge in [-0.15, -0.1) is 11.3 Å². The molecule has 0 aliphatic rings. The lowest BCUT2D eigenvalue weighted by atomic mass is 10.1. The van der Waals surface area contributed by atoms with Crippen LogP contribution in [0.3, 0.4) is 0 Å². The first-order valence-corrected chi connectivity index (χ1v) is 10.6. The number of anilines is 1. The molecular formula is C22H19ClN4O2S. The average molecular weight is 439 g/mol. The third kappa shape index (κ3) is 3.94. The Kier molecular flexibility index (Phi) is 5.57. The number of aromatic amines is 1. The Morgan fingerprint density at radius 2 is 1.93 bits per heavy atom. The second-order valence-corrected chi connectivity index (χ2v) is 8.12. The minimum Gasteiger partial charge on any atom is -0.326 e. The summed E-state index contributed by atoms with van der Waals surface area (Å²) in [6.07, 6.45) is -0.0446. The van der Waals surface area contributed by atoms with Gasteiger partial charge in [-0.05, 0) is 31.5 Å². The van der Waals surface area contributed by atoms with Gasteiger partial charge < -0.3 is 5.32 Å². The predicted octanol–water partition coefficient (Wildman–Crippen LogP) is 4.74. The van der Waals surface area contributed by atoms with Gasteiger partial charge in [0, 0.05) is 32.9 Å². The van der Waals surface area contributed by atoms with Crippen LogP contribution in [-0.2, 0) is 11.2 Å².